The van der Waals surface area contributed by atoms with Crippen LogP contribution in [0.4, 0.5) is 4.39 Å². The maximum absolute atomic E-state index is 13.5. The van der Waals surface area contributed by atoms with Gasteiger partial charge in [-0.3, -0.25) is 24.6 Å². The van der Waals surface area contributed by atoms with E-state index in [0.29, 0.717) is 21.7 Å². The second kappa shape index (κ2) is 11.0. The highest BCUT2D eigenvalue weighted by atomic mass is 35.5. The monoisotopic (exact) mass is 483 g/mol. The third-order valence-corrected chi connectivity index (χ3v) is 5.09. The molecule has 0 aliphatic carbocycles. The van der Waals surface area contributed by atoms with Gasteiger partial charge in [-0.25, -0.2) is 9.40 Å². The summed E-state index contributed by atoms with van der Waals surface area (Å²) < 4.78 is 20.3. The molecule has 0 saturated carbocycles. The van der Waals surface area contributed by atoms with Gasteiger partial charge in [-0.1, -0.05) is 31.5 Å². The van der Waals surface area contributed by atoms with Crippen LogP contribution < -0.4 is 21.6 Å². The van der Waals surface area contributed by atoms with E-state index in [-0.39, 0.29) is 31.0 Å². The molecule has 0 saturated heterocycles. The van der Waals surface area contributed by atoms with Crippen molar-refractivity contribution in [3.8, 4) is 5.75 Å². The molecule has 2 atom stereocenters. The number of hydrogen-bond donors (Lipinski definition) is 3. The van der Waals surface area contributed by atoms with Crippen molar-refractivity contribution in [1.82, 2.24) is 15.0 Å². The number of alkyl halides is 2. The second-order valence-electron chi connectivity index (χ2n) is 7.79. The number of nitrogens with zero attached hydrogens (tertiary/aromatic N) is 2. The topological polar surface area (TPSA) is 150 Å². The summed E-state index contributed by atoms with van der Waals surface area (Å²) in [6, 6.07) is 5.58. The van der Waals surface area contributed by atoms with Crippen LogP contribution in [0.5, 0.6) is 5.75 Å². The van der Waals surface area contributed by atoms with E-state index in [1.54, 1.807) is 18.2 Å². The van der Waals surface area contributed by atoms with E-state index in [9.17, 15) is 23.6 Å². The van der Waals surface area contributed by atoms with E-state index in [1.165, 1.54) is 17.7 Å². The van der Waals surface area contributed by atoms with Crippen molar-refractivity contribution in [3.63, 3.8) is 0 Å². The third kappa shape index (κ3) is 6.13. The number of ether oxygens (including phenoxy) is 1. The van der Waals surface area contributed by atoms with E-state index in [4.69, 9.17) is 27.8 Å². The minimum Gasteiger partial charge on any atom is -0.496 e. The molecule has 180 valence electrons. The summed E-state index contributed by atoms with van der Waals surface area (Å²) >= 11 is 5.26. The zero-order valence-corrected chi connectivity index (χ0v) is 19.3. The Hall–Kier alpha value is -3.34. The summed E-state index contributed by atoms with van der Waals surface area (Å²) in [7, 11) is 1.47. The number of rotatable bonds is 10. The molecular weight excluding hydrogens is 457 g/mol. The summed E-state index contributed by atoms with van der Waals surface area (Å²) in [5, 5.41) is 1.16. The number of nitrogens with two attached hydrogens (primary N) is 2. The lowest BCUT2D eigenvalue weighted by Gasteiger charge is -2.28. The van der Waals surface area contributed by atoms with Crippen LogP contribution in [0, 0.1) is 5.92 Å². The Morgan fingerprint density at radius 3 is 2.42 bits per heavy atom. The Kier molecular flexibility index (Phi) is 8.63. The van der Waals surface area contributed by atoms with Crippen LogP contribution in [0.15, 0.2) is 24.3 Å². The normalized spacial score (nSPS) is 12.9. The first-order valence-electron chi connectivity index (χ1n) is 10.1. The lowest BCUT2D eigenvalue weighted by molar-refractivity contribution is -0.145. The fraction of sp³-hybridized carbons (Fsp3) is 0.429. The molecule has 0 bridgehead atoms. The van der Waals surface area contributed by atoms with Gasteiger partial charge in [0.15, 0.2) is 0 Å². The summed E-state index contributed by atoms with van der Waals surface area (Å²) in [5.74, 6) is -3.09. The molecule has 0 fully saturated rings. The molecule has 0 unspecified atom stereocenters. The molecule has 12 heteroatoms. The van der Waals surface area contributed by atoms with Gasteiger partial charge in [0, 0.05) is 11.8 Å². The number of hydrogen-bond acceptors (Lipinski definition) is 5. The molecule has 5 N–H and O–H groups in total. The highest BCUT2D eigenvalue weighted by Crippen LogP contribution is 2.33. The summed E-state index contributed by atoms with van der Waals surface area (Å²) in [4.78, 5) is 48.9. The van der Waals surface area contributed by atoms with Crippen LogP contribution in [-0.4, -0.2) is 52.5 Å². The third-order valence-electron chi connectivity index (χ3n) is 4.90. The van der Waals surface area contributed by atoms with Crippen LogP contribution in [0.3, 0.4) is 0 Å². The van der Waals surface area contributed by atoms with Gasteiger partial charge in [-0.2, -0.15) is 0 Å². The Morgan fingerprint density at radius 2 is 1.91 bits per heavy atom. The van der Waals surface area contributed by atoms with Gasteiger partial charge in [0.05, 0.1) is 19.2 Å². The number of methoxy groups -OCH3 is 1. The quantitative estimate of drug-likeness (QED) is 0.346. The largest absolute Gasteiger partial charge is 0.496 e. The first-order valence-corrected chi connectivity index (χ1v) is 10.6. The van der Waals surface area contributed by atoms with Gasteiger partial charge in [-0.05, 0) is 30.5 Å². The number of amides is 4. The van der Waals surface area contributed by atoms with Crippen LogP contribution in [0.25, 0.3) is 10.9 Å². The summed E-state index contributed by atoms with van der Waals surface area (Å²) in [6.07, 6.45) is -0.0917. The molecule has 0 radical (unpaired) electrons. The number of nitrogens with one attached hydrogen (secondary N) is 1. The Balaban J connectivity index is 2.57. The van der Waals surface area contributed by atoms with Crippen LogP contribution in [0.1, 0.15) is 43.2 Å². The lowest BCUT2D eigenvalue weighted by Crippen LogP contribution is -2.51. The van der Waals surface area contributed by atoms with Crippen LogP contribution >= 0.6 is 11.6 Å². The summed E-state index contributed by atoms with van der Waals surface area (Å²) in [6.45, 7) is 3.34. The zero-order chi connectivity index (χ0) is 24.9. The number of aromatic nitrogens is 1. The number of fused-ring (bicyclic) bond motifs is 1. The molecule has 0 aliphatic rings. The molecular formula is C21H27ClFN5O5. The Bertz CT molecular complexity index is 1060. The fourth-order valence-corrected chi connectivity index (χ4v) is 3.59. The van der Waals surface area contributed by atoms with E-state index in [2.05, 4.69) is 5.43 Å². The smallest absolute Gasteiger partial charge is 0.291 e. The summed E-state index contributed by atoms with van der Waals surface area (Å²) in [5.41, 5.74) is 11.1. The van der Waals surface area contributed by atoms with Crippen LogP contribution in [0.2, 0.25) is 0 Å². The van der Waals surface area contributed by atoms with Crippen molar-refractivity contribution in [3.05, 3.63) is 30.0 Å². The average molecular weight is 484 g/mol. The standard InChI is InChI=1S/C21H27ClFN5O5/c1-11(2)9-15(20(31)26-27(8-7-17(24)29)21(32)18(22)23)28-13-5-4-6-16(33-3)12(13)10-14(28)19(25)30/h4-6,10-11,15,18H,7-9H2,1-3H3,(H2,24,29)(H2,25,30)(H,26,31)/t15-,18-/m0/s1. The van der Waals surface area contributed by atoms with Crippen molar-refractivity contribution in [2.45, 2.75) is 38.4 Å². The first-order chi connectivity index (χ1) is 15.5. The van der Waals surface area contributed by atoms with Crippen molar-refractivity contribution in [2.24, 2.45) is 17.4 Å². The molecule has 2 rings (SSSR count). The molecule has 33 heavy (non-hydrogen) atoms. The van der Waals surface area contributed by atoms with Gasteiger partial charge in [0.2, 0.25) is 5.91 Å². The molecule has 1 heterocycles. The molecule has 0 aliphatic heterocycles. The zero-order valence-electron chi connectivity index (χ0n) is 18.5. The Labute approximate surface area is 194 Å². The van der Waals surface area contributed by atoms with Gasteiger partial charge in [-0.15, -0.1) is 0 Å². The number of carbonyl (C=O) groups excluding carboxylic acids is 4. The molecule has 2 aromatic rings. The lowest BCUT2D eigenvalue weighted by atomic mass is 10.0. The minimum absolute atomic E-state index is 0.0266. The van der Waals surface area contributed by atoms with Crippen molar-refractivity contribution in [1.29, 1.82) is 0 Å². The number of carbonyl (C=O) groups is 4. The van der Waals surface area contributed by atoms with Crippen molar-refractivity contribution in [2.75, 3.05) is 13.7 Å². The maximum atomic E-state index is 13.5. The molecule has 1 aromatic heterocycles. The van der Waals surface area contributed by atoms with Crippen molar-refractivity contribution >= 4 is 46.1 Å². The van der Waals surface area contributed by atoms with E-state index >= 15 is 0 Å². The average Bonchev–Trinajstić information content (AvgIpc) is 3.13. The number of halogens is 2. The van der Waals surface area contributed by atoms with E-state index < -0.39 is 35.3 Å². The highest BCUT2D eigenvalue weighted by molar-refractivity contribution is 6.29. The number of hydrazine groups is 1. The van der Waals surface area contributed by atoms with Gasteiger partial charge in [0.25, 0.3) is 23.4 Å². The number of primary amides is 2. The fourth-order valence-electron chi connectivity index (χ4n) is 3.47. The predicted molar refractivity (Wildman–Crippen MR) is 120 cm³/mol. The van der Waals surface area contributed by atoms with Gasteiger partial charge < -0.3 is 20.8 Å². The highest BCUT2D eigenvalue weighted by Gasteiger charge is 2.31. The second-order valence-corrected chi connectivity index (χ2v) is 8.17. The predicted octanol–water partition coefficient (Wildman–Crippen LogP) is 1.61. The molecule has 4 amide bonds. The Morgan fingerprint density at radius 1 is 1.24 bits per heavy atom. The van der Waals surface area contributed by atoms with E-state index in [1.807, 2.05) is 13.8 Å². The molecule has 1 aromatic carbocycles. The maximum Gasteiger partial charge on any atom is 0.291 e. The minimum atomic E-state index is -2.44. The van der Waals surface area contributed by atoms with Gasteiger partial charge >= 0.3 is 0 Å². The first kappa shape index (κ1) is 25.9. The van der Waals surface area contributed by atoms with Crippen molar-refractivity contribution < 1.29 is 28.3 Å². The molecule has 0 spiro atoms. The SMILES string of the molecule is COc1cccc2c1cc(C(N)=O)n2[C@@H](CC(C)C)C(=O)NN(CCC(N)=O)C(=O)[C@H](F)Cl. The molecule has 10 nitrogen and oxygen atoms in total. The van der Waals surface area contributed by atoms with E-state index in [0.717, 1.165) is 0 Å². The number of benzene rings is 1. The van der Waals surface area contributed by atoms with Crippen LogP contribution in [-0.2, 0) is 14.4 Å². The van der Waals surface area contributed by atoms with Gasteiger partial charge in [0.1, 0.15) is 17.5 Å².